The summed E-state index contributed by atoms with van der Waals surface area (Å²) in [6, 6.07) is 14.7. The predicted molar refractivity (Wildman–Crippen MR) is 98.5 cm³/mol. The van der Waals surface area contributed by atoms with Crippen molar-refractivity contribution in [1.82, 2.24) is 4.90 Å². The first-order valence-electron chi connectivity index (χ1n) is 8.25. The average molecular weight is 340 g/mol. The van der Waals surface area contributed by atoms with Crippen LogP contribution in [0.2, 0.25) is 0 Å². The Morgan fingerprint density at radius 3 is 2.44 bits per heavy atom. The maximum Gasteiger partial charge on any atom is 0.254 e. The molecule has 0 bridgehead atoms. The molecule has 0 aliphatic carbocycles. The standard InChI is InChI=1S/C20H24N2O3/c1-14-9-10-17(13-18(14)21-15(2)24)20(25)22(3)19(11-12-23)16-7-5-4-6-8-16/h4-10,13,19,23H,11-12H2,1-3H3,(H,21,24). The van der Waals surface area contributed by atoms with E-state index in [9.17, 15) is 14.7 Å². The first kappa shape index (κ1) is 18.7. The van der Waals surface area contributed by atoms with Crippen molar-refractivity contribution in [2.24, 2.45) is 0 Å². The van der Waals surface area contributed by atoms with Crippen LogP contribution in [0.15, 0.2) is 48.5 Å². The number of carbonyl (C=O) groups excluding carboxylic acids is 2. The summed E-state index contributed by atoms with van der Waals surface area (Å²) in [6.07, 6.45) is 0.455. The quantitative estimate of drug-likeness (QED) is 0.849. The lowest BCUT2D eigenvalue weighted by molar-refractivity contribution is -0.114. The van der Waals surface area contributed by atoms with Crippen molar-refractivity contribution in [3.8, 4) is 0 Å². The zero-order valence-electron chi connectivity index (χ0n) is 14.8. The molecule has 132 valence electrons. The highest BCUT2D eigenvalue weighted by atomic mass is 16.3. The van der Waals surface area contributed by atoms with Crippen molar-refractivity contribution in [3.63, 3.8) is 0 Å². The van der Waals surface area contributed by atoms with Gasteiger partial charge in [0.15, 0.2) is 0 Å². The number of rotatable bonds is 6. The Bertz CT molecular complexity index is 744. The van der Waals surface area contributed by atoms with Crippen LogP contribution in [-0.2, 0) is 4.79 Å². The predicted octanol–water partition coefficient (Wildman–Crippen LogP) is 3.15. The van der Waals surface area contributed by atoms with E-state index in [1.807, 2.05) is 43.3 Å². The van der Waals surface area contributed by atoms with Gasteiger partial charge in [-0.25, -0.2) is 0 Å². The van der Waals surface area contributed by atoms with Crippen molar-refractivity contribution in [2.75, 3.05) is 19.0 Å². The van der Waals surface area contributed by atoms with E-state index in [4.69, 9.17) is 0 Å². The van der Waals surface area contributed by atoms with Crippen LogP contribution in [0.5, 0.6) is 0 Å². The van der Waals surface area contributed by atoms with Gasteiger partial charge in [0, 0.05) is 31.8 Å². The van der Waals surface area contributed by atoms with E-state index < -0.39 is 0 Å². The number of amides is 2. The molecule has 2 N–H and O–H groups in total. The van der Waals surface area contributed by atoms with Crippen LogP contribution in [0.3, 0.4) is 0 Å². The number of aliphatic hydroxyl groups is 1. The third-order valence-corrected chi connectivity index (χ3v) is 4.17. The fourth-order valence-electron chi connectivity index (χ4n) is 2.81. The van der Waals surface area contributed by atoms with E-state index in [-0.39, 0.29) is 24.5 Å². The molecule has 0 spiro atoms. The van der Waals surface area contributed by atoms with Crippen molar-refractivity contribution in [2.45, 2.75) is 26.3 Å². The van der Waals surface area contributed by atoms with E-state index in [0.717, 1.165) is 11.1 Å². The second kappa shape index (κ2) is 8.44. The van der Waals surface area contributed by atoms with Gasteiger partial charge >= 0.3 is 0 Å². The molecular weight excluding hydrogens is 316 g/mol. The van der Waals surface area contributed by atoms with Crippen LogP contribution in [0.1, 0.15) is 40.9 Å². The first-order chi connectivity index (χ1) is 11.9. The SMILES string of the molecule is CC(=O)Nc1cc(C(=O)N(C)C(CCO)c2ccccc2)ccc1C. The van der Waals surface area contributed by atoms with Crippen LogP contribution in [0, 0.1) is 6.92 Å². The molecule has 0 fully saturated rings. The lowest BCUT2D eigenvalue weighted by atomic mass is 10.0. The van der Waals surface area contributed by atoms with Crippen LogP contribution in [0.25, 0.3) is 0 Å². The van der Waals surface area contributed by atoms with E-state index >= 15 is 0 Å². The second-order valence-corrected chi connectivity index (χ2v) is 6.07. The molecule has 0 aliphatic rings. The Hall–Kier alpha value is -2.66. The molecule has 2 aromatic carbocycles. The Balaban J connectivity index is 2.30. The highest BCUT2D eigenvalue weighted by molar-refractivity contribution is 5.97. The molecule has 0 saturated carbocycles. The Morgan fingerprint density at radius 1 is 1.16 bits per heavy atom. The fraction of sp³-hybridized carbons (Fsp3) is 0.300. The molecule has 25 heavy (non-hydrogen) atoms. The Kier molecular flexibility index (Phi) is 6.31. The second-order valence-electron chi connectivity index (χ2n) is 6.07. The molecule has 5 nitrogen and oxygen atoms in total. The number of aryl methyl sites for hydroxylation is 1. The fourth-order valence-corrected chi connectivity index (χ4v) is 2.81. The summed E-state index contributed by atoms with van der Waals surface area (Å²) in [5.74, 6) is -0.336. The number of anilines is 1. The van der Waals surface area contributed by atoms with Gasteiger partial charge in [0.1, 0.15) is 0 Å². The van der Waals surface area contributed by atoms with Gasteiger partial charge in [0.25, 0.3) is 5.91 Å². The third kappa shape index (κ3) is 4.67. The zero-order valence-corrected chi connectivity index (χ0v) is 14.8. The van der Waals surface area contributed by atoms with Gasteiger partial charge in [-0.2, -0.15) is 0 Å². The Labute approximate surface area is 148 Å². The molecule has 5 heteroatoms. The van der Waals surface area contributed by atoms with Crippen molar-refractivity contribution < 1.29 is 14.7 Å². The number of hydrogen-bond acceptors (Lipinski definition) is 3. The summed E-state index contributed by atoms with van der Waals surface area (Å²) in [4.78, 5) is 25.9. The lowest BCUT2D eigenvalue weighted by Crippen LogP contribution is -2.32. The average Bonchev–Trinajstić information content (AvgIpc) is 2.60. The van der Waals surface area contributed by atoms with Gasteiger partial charge in [0.2, 0.25) is 5.91 Å². The minimum atomic E-state index is -0.218. The van der Waals surface area contributed by atoms with Gasteiger partial charge in [-0.15, -0.1) is 0 Å². The number of hydrogen-bond donors (Lipinski definition) is 2. The molecule has 2 amide bonds. The van der Waals surface area contributed by atoms with Crippen molar-refractivity contribution >= 4 is 17.5 Å². The summed E-state index contributed by atoms with van der Waals surface area (Å²) < 4.78 is 0. The molecule has 0 saturated heterocycles. The molecule has 0 aliphatic heterocycles. The number of nitrogens with one attached hydrogen (secondary N) is 1. The molecule has 0 radical (unpaired) electrons. The van der Waals surface area contributed by atoms with Gasteiger partial charge in [-0.1, -0.05) is 36.4 Å². The molecule has 0 aromatic heterocycles. The highest BCUT2D eigenvalue weighted by Crippen LogP contribution is 2.26. The van der Waals surface area contributed by atoms with Crippen LogP contribution < -0.4 is 5.32 Å². The summed E-state index contributed by atoms with van der Waals surface area (Å²) in [7, 11) is 1.73. The highest BCUT2D eigenvalue weighted by Gasteiger charge is 2.22. The smallest absolute Gasteiger partial charge is 0.254 e. The van der Waals surface area contributed by atoms with Crippen LogP contribution in [-0.4, -0.2) is 35.5 Å². The molecule has 2 rings (SSSR count). The maximum absolute atomic E-state index is 12.9. The molecule has 1 unspecified atom stereocenters. The van der Waals surface area contributed by atoms with Crippen LogP contribution >= 0.6 is 0 Å². The summed E-state index contributed by atoms with van der Waals surface area (Å²) in [5, 5.41) is 12.1. The van der Waals surface area contributed by atoms with E-state index in [0.29, 0.717) is 17.7 Å². The van der Waals surface area contributed by atoms with E-state index in [1.54, 1.807) is 24.1 Å². The van der Waals surface area contributed by atoms with Crippen LogP contribution in [0.4, 0.5) is 5.69 Å². The molecular formula is C20H24N2O3. The lowest BCUT2D eigenvalue weighted by Gasteiger charge is -2.28. The van der Waals surface area contributed by atoms with Crippen molar-refractivity contribution in [1.29, 1.82) is 0 Å². The van der Waals surface area contributed by atoms with Gasteiger partial charge < -0.3 is 15.3 Å². The van der Waals surface area contributed by atoms with E-state index in [2.05, 4.69) is 5.32 Å². The minimum absolute atomic E-state index is 0.0117. The summed E-state index contributed by atoms with van der Waals surface area (Å²) in [6.45, 7) is 3.30. The third-order valence-electron chi connectivity index (χ3n) is 4.17. The molecule has 2 aromatic rings. The van der Waals surface area contributed by atoms with Gasteiger partial charge in [-0.05, 0) is 36.6 Å². The monoisotopic (exact) mass is 340 g/mol. The largest absolute Gasteiger partial charge is 0.396 e. The zero-order chi connectivity index (χ0) is 18.4. The Morgan fingerprint density at radius 2 is 1.84 bits per heavy atom. The topological polar surface area (TPSA) is 69.6 Å². The summed E-state index contributed by atoms with van der Waals surface area (Å²) >= 11 is 0. The number of nitrogens with zero attached hydrogens (tertiary/aromatic N) is 1. The van der Waals surface area contributed by atoms with Gasteiger partial charge in [0.05, 0.1) is 6.04 Å². The maximum atomic E-state index is 12.9. The summed E-state index contributed by atoms with van der Waals surface area (Å²) in [5.41, 5.74) is 2.99. The van der Waals surface area contributed by atoms with E-state index in [1.165, 1.54) is 6.92 Å². The number of benzene rings is 2. The van der Waals surface area contributed by atoms with Gasteiger partial charge in [-0.3, -0.25) is 9.59 Å². The minimum Gasteiger partial charge on any atom is -0.396 e. The first-order valence-corrected chi connectivity index (χ1v) is 8.25. The molecule has 1 atom stereocenters. The normalized spacial score (nSPS) is 11.7. The number of aliphatic hydroxyl groups excluding tert-OH is 1. The van der Waals surface area contributed by atoms with Crippen molar-refractivity contribution in [3.05, 3.63) is 65.2 Å². The molecule has 0 heterocycles. The number of carbonyl (C=O) groups is 2.